The van der Waals surface area contributed by atoms with Gasteiger partial charge in [0.15, 0.2) is 0 Å². The number of rotatable bonds is 5. The molecule has 25 heavy (non-hydrogen) atoms. The average molecular weight is 407 g/mol. The molecule has 1 N–H and O–H groups in total. The Kier molecular flexibility index (Phi) is 6.34. The van der Waals surface area contributed by atoms with Crippen molar-refractivity contribution in [2.75, 3.05) is 0 Å². The number of amides is 1. The maximum absolute atomic E-state index is 12.5. The molecule has 0 saturated carbocycles. The van der Waals surface area contributed by atoms with Gasteiger partial charge in [0, 0.05) is 9.62 Å². The van der Waals surface area contributed by atoms with Crippen LogP contribution in [0.25, 0.3) is 0 Å². The van der Waals surface area contributed by atoms with Gasteiger partial charge >= 0.3 is 29.6 Å². The van der Waals surface area contributed by atoms with Crippen LogP contribution in [0.1, 0.15) is 32.1 Å². The van der Waals surface area contributed by atoms with Crippen molar-refractivity contribution < 1.29 is 44.3 Å². The Morgan fingerprint density at radius 1 is 1.44 bits per heavy atom. The van der Waals surface area contributed by atoms with Crippen LogP contribution in [0.15, 0.2) is 17.5 Å². The summed E-state index contributed by atoms with van der Waals surface area (Å²) in [5, 5.41) is 16.4. The number of thiophene rings is 1. The van der Waals surface area contributed by atoms with Gasteiger partial charge in [-0.05, 0) is 31.7 Å². The number of hydrogen-bond acceptors (Lipinski definition) is 6. The molecule has 3 rings (SSSR count). The monoisotopic (exact) mass is 406 g/mol. The van der Waals surface area contributed by atoms with E-state index >= 15 is 0 Å². The number of thioether (sulfide) groups is 1. The molecule has 130 valence electrons. The van der Waals surface area contributed by atoms with Gasteiger partial charge in [-0.3, -0.25) is 4.79 Å². The number of carboxylic acids is 1. The Bertz CT molecular complexity index is 695. The van der Waals surface area contributed by atoms with Gasteiger partial charge in [-0.15, -0.1) is 23.1 Å². The predicted molar refractivity (Wildman–Crippen MR) is 97.9 cm³/mol. The van der Waals surface area contributed by atoms with Gasteiger partial charge in [0.1, 0.15) is 15.9 Å². The SMILES string of the molecule is CC[C@]1(NC(=O)Cc2cccs2)C(=S)N2[C@@H](C(=O)[O-])C(C)(C)S[C@@H]21.[Na+]. The zero-order chi connectivity index (χ0) is 17.7. The Morgan fingerprint density at radius 2 is 2.12 bits per heavy atom. The molecule has 1 aromatic heterocycles. The molecule has 2 fully saturated rings. The molecule has 0 aromatic carbocycles. The second kappa shape index (κ2) is 7.48. The number of thiocarbonyl (C=S) groups is 1. The number of carbonyl (C=O) groups is 2. The van der Waals surface area contributed by atoms with E-state index in [2.05, 4.69) is 5.32 Å². The second-order valence-corrected chi connectivity index (χ2v) is 9.79. The van der Waals surface area contributed by atoms with Crippen LogP contribution < -0.4 is 40.0 Å². The molecular formula is C16H19N2NaO3S3. The molecule has 0 radical (unpaired) electrons. The molecule has 9 heteroatoms. The summed E-state index contributed by atoms with van der Waals surface area (Å²) in [6, 6.07) is 3.07. The van der Waals surface area contributed by atoms with Gasteiger partial charge in [-0.2, -0.15) is 0 Å². The van der Waals surface area contributed by atoms with Gasteiger partial charge in [-0.1, -0.05) is 25.2 Å². The van der Waals surface area contributed by atoms with Crippen molar-refractivity contribution in [3.63, 3.8) is 0 Å². The van der Waals surface area contributed by atoms with Crippen LogP contribution >= 0.6 is 35.3 Å². The predicted octanol–water partition coefficient (Wildman–Crippen LogP) is -1.83. The largest absolute Gasteiger partial charge is 1.00 e. The van der Waals surface area contributed by atoms with Crippen LogP contribution in [0.3, 0.4) is 0 Å². The van der Waals surface area contributed by atoms with E-state index in [1.165, 1.54) is 11.3 Å². The van der Waals surface area contributed by atoms with E-state index in [9.17, 15) is 14.7 Å². The smallest absolute Gasteiger partial charge is 0.548 e. The summed E-state index contributed by atoms with van der Waals surface area (Å²) >= 11 is 8.61. The van der Waals surface area contributed by atoms with E-state index in [0.717, 1.165) is 4.88 Å². The molecule has 3 atom stereocenters. The van der Waals surface area contributed by atoms with Crippen LogP contribution in [0.2, 0.25) is 0 Å². The van der Waals surface area contributed by atoms with Gasteiger partial charge in [0.05, 0.1) is 18.4 Å². The van der Waals surface area contributed by atoms with Crippen LogP contribution in [0.4, 0.5) is 0 Å². The van der Waals surface area contributed by atoms with Crippen molar-refractivity contribution in [2.45, 2.75) is 55.3 Å². The number of aliphatic carboxylic acids is 1. The van der Waals surface area contributed by atoms with Crippen LogP contribution in [-0.2, 0) is 16.0 Å². The normalized spacial score (nSPS) is 29.4. The van der Waals surface area contributed by atoms with Crippen LogP contribution in [0.5, 0.6) is 0 Å². The molecule has 1 amide bonds. The molecule has 1 aromatic rings. The van der Waals surface area contributed by atoms with Gasteiger partial charge in [-0.25, -0.2) is 0 Å². The molecule has 0 spiro atoms. The van der Waals surface area contributed by atoms with E-state index in [-0.39, 0.29) is 40.8 Å². The Balaban J connectivity index is 0.00000225. The molecule has 3 heterocycles. The number of fused-ring (bicyclic) bond motifs is 1. The molecule has 5 nitrogen and oxygen atoms in total. The van der Waals surface area contributed by atoms with E-state index in [0.29, 0.717) is 17.8 Å². The minimum absolute atomic E-state index is 0. The molecule has 2 saturated heterocycles. The van der Waals surface area contributed by atoms with Gasteiger partial charge in [0.25, 0.3) is 0 Å². The number of hydrogen-bond donors (Lipinski definition) is 1. The summed E-state index contributed by atoms with van der Waals surface area (Å²) in [5.41, 5.74) is -0.657. The zero-order valence-corrected chi connectivity index (χ0v) is 19.1. The molecule has 0 aliphatic carbocycles. The van der Waals surface area contributed by atoms with Crippen LogP contribution in [0, 0.1) is 0 Å². The number of carboxylic acid groups (broad SMARTS) is 1. The second-order valence-electron chi connectivity index (χ2n) is 6.64. The molecule has 2 aliphatic rings. The standard InChI is InChI=1S/C16H20N2O3S3.Na/c1-4-16(17-10(19)8-9-6-5-7-23-9)13(22)18-11(12(20)21)15(2,3)24-14(16)18;/h5-7,11,14H,4,8H2,1-3H3,(H,17,19)(H,20,21);/q;+1/p-1/t11-,14+,16-;/m0./s1. The van der Waals surface area contributed by atoms with E-state index in [4.69, 9.17) is 12.2 Å². The minimum Gasteiger partial charge on any atom is -0.548 e. The van der Waals surface area contributed by atoms with Crippen molar-refractivity contribution >= 4 is 52.2 Å². The number of nitrogens with one attached hydrogen (secondary N) is 1. The summed E-state index contributed by atoms with van der Waals surface area (Å²) in [6.45, 7) is 5.73. The fraction of sp³-hybridized carbons (Fsp3) is 0.562. The fourth-order valence-electron chi connectivity index (χ4n) is 3.50. The summed E-state index contributed by atoms with van der Waals surface area (Å²) in [7, 11) is 0. The zero-order valence-electron chi connectivity index (χ0n) is 14.7. The first-order chi connectivity index (χ1) is 11.2. The summed E-state index contributed by atoms with van der Waals surface area (Å²) in [6.07, 6.45) is 0.943. The third kappa shape index (κ3) is 3.41. The van der Waals surface area contributed by atoms with E-state index in [1.54, 1.807) is 16.7 Å². The van der Waals surface area contributed by atoms with Gasteiger partial charge < -0.3 is 20.1 Å². The number of nitrogens with zero attached hydrogens (tertiary/aromatic N) is 1. The maximum atomic E-state index is 12.5. The first-order valence-electron chi connectivity index (χ1n) is 7.78. The molecule has 0 bridgehead atoms. The molecule has 2 aliphatic heterocycles. The van der Waals surface area contributed by atoms with Crippen molar-refractivity contribution in [3.8, 4) is 0 Å². The first kappa shape index (κ1) is 21.2. The van der Waals surface area contributed by atoms with Crippen molar-refractivity contribution in [1.82, 2.24) is 10.2 Å². The van der Waals surface area contributed by atoms with Crippen molar-refractivity contribution in [1.29, 1.82) is 0 Å². The minimum atomic E-state index is -1.12. The molecular weight excluding hydrogens is 387 g/mol. The summed E-state index contributed by atoms with van der Waals surface area (Å²) < 4.78 is -0.525. The third-order valence-electron chi connectivity index (χ3n) is 4.70. The average Bonchev–Trinajstić information content (AvgIpc) is 3.08. The van der Waals surface area contributed by atoms with E-state index < -0.39 is 22.3 Å². The summed E-state index contributed by atoms with van der Waals surface area (Å²) in [5.74, 6) is -1.21. The van der Waals surface area contributed by atoms with Crippen LogP contribution in [-0.4, -0.2) is 43.5 Å². The fourth-order valence-corrected chi connectivity index (χ4v) is 6.66. The quantitative estimate of drug-likeness (QED) is 0.458. The first-order valence-corrected chi connectivity index (χ1v) is 9.94. The topological polar surface area (TPSA) is 72.5 Å². The van der Waals surface area contributed by atoms with Gasteiger partial charge in [0.2, 0.25) is 5.91 Å². The summed E-state index contributed by atoms with van der Waals surface area (Å²) in [4.78, 5) is 27.3. The Hall–Kier alpha value is -0.120. The molecule has 0 unspecified atom stereocenters. The van der Waals surface area contributed by atoms with Crippen molar-refractivity contribution in [2.24, 2.45) is 0 Å². The van der Waals surface area contributed by atoms with Crippen molar-refractivity contribution in [3.05, 3.63) is 22.4 Å². The maximum Gasteiger partial charge on any atom is 1.00 e. The van der Waals surface area contributed by atoms with E-state index in [1.807, 2.05) is 38.3 Å². The third-order valence-corrected chi connectivity index (χ3v) is 7.84. The number of carbonyl (C=O) groups excluding carboxylic acids is 2. The Morgan fingerprint density at radius 3 is 2.64 bits per heavy atom. The Labute approximate surface area is 183 Å².